The summed E-state index contributed by atoms with van der Waals surface area (Å²) in [6, 6.07) is 7.71. The molecular formula is C12H7BrClNO3. The van der Waals surface area contributed by atoms with Crippen LogP contribution in [0.15, 0.2) is 41.0 Å². The average Bonchev–Trinajstić information content (AvgIpc) is 2.33. The second-order valence-electron chi connectivity index (χ2n) is 3.37. The van der Waals surface area contributed by atoms with Gasteiger partial charge in [0, 0.05) is 6.20 Å². The Bertz CT molecular complexity index is 586. The van der Waals surface area contributed by atoms with Crippen molar-refractivity contribution in [3.05, 3.63) is 51.6 Å². The highest BCUT2D eigenvalue weighted by Crippen LogP contribution is 2.29. The lowest BCUT2D eigenvalue weighted by atomic mass is 10.2. The van der Waals surface area contributed by atoms with E-state index in [-0.39, 0.29) is 5.56 Å². The van der Waals surface area contributed by atoms with E-state index < -0.39 is 5.97 Å². The van der Waals surface area contributed by atoms with Gasteiger partial charge >= 0.3 is 5.97 Å². The zero-order valence-corrected chi connectivity index (χ0v) is 11.3. The molecule has 1 N–H and O–H groups in total. The third-order valence-corrected chi connectivity index (χ3v) is 2.86. The van der Waals surface area contributed by atoms with Crippen molar-refractivity contribution in [2.75, 3.05) is 0 Å². The van der Waals surface area contributed by atoms with Crippen molar-refractivity contribution in [3.63, 3.8) is 0 Å². The van der Waals surface area contributed by atoms with Crippen LogP contribution in [0.3, 0.4) is 0 Å². The molecule has 0 fully saturated rings. The Morgan fingerprint density at radius 3 is 2.56 bits per heavy atom. The molecule has 0 saturated heterocycles. The number of carboxylic acid groups (broad SMARTS) is 1. The number of benzene rings is 1. The second kappa shape index (κ2) is 5.37. The van der Waals surface area contributed by atoms with E-state index in [1.165, 1.54) is 18.3 Å². The SMILES string of the molecule is O=C(O)c1ccc(Oc2ncc(Cl)cc2Br)cc1. The topological polar surface area (TPSA) is 59.4 Å². The normalized spacial score (nSPS) is 10.1. The Balaban J connectivity index is 2.21. The first-order valence-electron chi connectivity index (χ1n) is 4.88. The number of aromatic nitrogens is 1. The fourth-order valence-electron chi connectivity index (χ4n) is 1.25. The molecule has 0 aliphatic heterocycles. The van der Waals surface area contributed by atoms with E-state index in [0.29, 0.717) is 21.1 Å². The first-order chi connectivity index (χ1) is 8.56. The van der Waals surface area contributed by atoms with Gasteiger partial charge in [-0.25, -0.2) is 9.78 Å². The maximum atomic E-state index is 10.7. The Labute approximate surface area is 116 Å². The molecule has 0 bridgehead atoms. The minimum atomic E-state index is -0.979. The van der Waals surface area contributed by atoms with Crippen molar-refractivity contribution in [2.45, 2.75) is 0 Å². The number of nitrogens with zero attached hydrogens (tertiary/aromatic N) is 1. The van der Waals surface area contributed by atoms with Gasteiger partial charge in [0.25, 0.3) is 0 Å². The molecule has 92 valence electrons. The number of carbonyl (C=O) groups is 1. The summed E-state index contributed by atoms with van der Waals surface area (Å²) in [5.74, 6) is -0.120. The fourth-order valence-corrected chi connectivity index (χ4v) is 1.97. The fraction of sp³-hybridized carbons (Fsp3) is 0. The number of carboxylic acids is 1. The molecule has 18 heavy (non-hydrogen) atoms. The summed E-state index contributed by atoms with van der Waals surface area (Å²) < 4.78 is 6.11. The van der Waals surface area contributed by atoms with Gasteiger partial charge in [0.15, 0.2) is 0 Å². The first-order valence-corrected chi connectivity index (χ1v) is 6.05. The lowest BCUT2D eigenvalue weighted by Crippen LogP contribution is -1.95. The molecule has 0 radical (unpaired) electrons. The van der Waals surface area contributed by atoms with E-state index in [4.69, 9.17) is 21.4 Å². The molecular weight excluding hydrogens is 321 g/mol. The van der Waals surface area contributed by atoms with Crippen molar-refractivity contribution < 1.29 is 14.6 Å². The predicted molar refractivity (Wildman–Crippen MR) is 70.4 cm³/mol. The zero-order chi connectivity index (χ0) is 13.1. The number of rotatable bonds is 3. The van der Waals surface area contributed by atoms with Gasteiger partial charge < -0.3 is 9.84 Å². The van der Waals surface area contributed by atoms with Gasteiger partial charge in [-0.05, 0) is 46.3 Å². The van der Waals surface area contributed by atoms with Crippen LogP contribution in [-0.2, 0) is 0 Å². The molecule has 1 aromatic heterocycles. The molecule has 0 spiro atoms. The van der Waals surface area contributed by atoms with Crippen LogP contribution in [0.4, 0.5) is 0 Å². The van der Waals surface area contributed by atoms with E-state index in [9.17, 15) is 4.79 Å². The monoisotopic (exact) mass is 327 g/mol. The second-order valence-corrected chi connectivity index (χ2v) is 4.66. The highest BCUT2D eigenvalue weighted by molar-refractivity contribution is 9.10. The highest BCUT2D eigenvalue weighted by Gasteiger charge is 2.06. The van der Waals surface area contributed by atoms with Gasteiger partial charge in [-0.2, -0.15) is 0 Å². The third kappa shape index (κ3) is 3.00. The summed E-state index contributed by atoms with van der Waals surface area (Å²) in [6.07, 6.45) is 1.47. The van der Waals surface area contributed by atoms with Crippen molar-refractivity contribution in [2.24, 2.45) is 0 Å². The average molecular weight is 329 g/mol. The Hall–Kier alpha value is -1.59. The molecule has 0 unspecified atom stereocenters. The summed E-state index contributed by atoms with van der Waals surface area (Å²) >= 11 is 9.04. The number of pyridine rings is 1. The van der Waals surface area contributed by atoms with Crippen molar-refractivity contribution in [3.8, 4) is 11.6 Å². The van der Waals surface area contributed by atoms with Crippen molar-refractivity contribution in [1.29, 1.82) is 0 Å². The van der Waals surface area contributed by atoms with E-state index in [2.05, 4.69) is 20.9 Å². The molecule has 2 aromatic rings. The van der Waals surface area contributed by atoms with Gasteiger partial charge in [-0.1, -0.05) is 11.6 Å². The number of hydrogen-bond donors (Lipinski definition) is 1. The van der Waals surface area contributed by atoms with Crippen LogP contribution < -0.4 is 4.74 Å². The van der Waals surface area contributed by atoms with Gasteiger partial charge in [0.2, 0.25) is 5.88 Å². The Kier molecular flexibility index (Phi) is 3.84. The van der Waals surface area contributed by atoms with Gasteiger partial charge in [0.05, 0.1) is 15.1 Å². The molecule has 0 saturated carbocycles. The number of hydrogen-bond acceptors (Lipinski definition) is 3. The highest BCUT2D eigenvalue weighted by atomic mass is 79.9. The molecule has 0 aliphatic carbocycles. The summed E-state index contributed by atoms with van der Waals surface area (Å²) in [5.41, 5.74) is 0.200. The lowest BCUT2D eigenvalue weighted by molar-refractivity contribution is 0.0697. The Morgan fingerprint density at radius 2 is 2.00 bits per heavy atom. The summed E-state index contributed by atoms with van der Waals surface area (Å²) in [6.45, 7) is 0. The maximum absolute atomic E-state index is 10.7. The molecule has 0 aliphatic rings. The van der Waals surface area contributed by atoms with Gasteiger partial charge in [-0.15, -0.1) is 0 Å². The minimum absolute atomic E-state index is 0.200. The van der Waals surface area contributed by atoms with E-state index in [1.807, 2.05) is 0 Å². The van der Waals surface area contributed by atoms with Crippen LogP contribution in [0.1, 0.15) is 10.4 Å². The minimum Gasteiger partial charge on any atom is -0.478 e. The van der Waals surface area contributed by atoms with E-state index in [1.54, 1.807) is 18.2 Å². The van der Waals surface area contributed by atoms with E-state index in [0.717, 1.165) is 0 Å². The van der Waals surface area contributed by atoms with Crippen LogP contribution in [0, 0.1) is 0 Å². The molecule has 1 heterocycles. The van der Waals surface area contributed by atoms with Crippen LogP contribution >= 0.6 is 27.5 Å². The van der Waals surface area contributed by atoms with Gasteiger partial charge in [-0.3, -0.25) is 0 Å². The van der Waals surface area contributed by atoms with Crippen LogP contribution in [0.5, 0.6) is 11.6 Å². The smallest absolute Gasteiger partial charge is 0.335 e. The van der Waals surface area contributed by atoms with Crippen molar-refractivity contribution in [1.82, 2.24) is 4.98 Å². The van der Waals surface area contributed by atoms with Crippen LogP contribution in [0.2, 0.25) is 5.02 Å². The van der Waals surface area contributed by atoms with E-state index >= 15 is 0 Å². The van der Waals surface area contributed by atoms with Crippen molar-refractivity contribution >= 4 is 33.5 Å². The van der Waals surface area contributed by atoms with Crippen LogP contribution in [-0.4, -0.2) is 16.1 Å². The van der Waals surface area contributed by atoms with Gasteiger partial charge in [0.1, 0.15) is 5.75 Å². The summed E-state index contributed by atoms with van der Waals surface area (Å²) in [7, 11) is 0. The number of ether oxygens (including phenoxy) is 1. The first kappa shape index (κ1) is 12.9. The molecule has 0 amide bonds. The standard InChI is InChI=1S/C12H7BrClNO3/c13-10-5-8(14)6-15-11(10)18-9-3-1-7(2-4-9)12(16)17/h1-6H,(H,16,17). The zero-order valence-electron chi connectivity index (χ0n) is 8.93. The maximum Gasteiger partial charge on any atom is 0.335 e. The summed E-state index contributed by atoms with van der Waals surface area (Å²) in [5, 5.41) is 9.26. The largest absolute Gasteiger partial charge is 0.478 e. The number of halogens is 2. The molecule has 6 heteroatoms. The Morgan fingerprint density at radius 1 is 1.33 bits per heavy atom. The quantitative estimate of drug-likeness (QED) is 0.925. The summed E-state index contributed by atoms with van der Waals surface area (Å²) in [4.78, 5) is 14.7. The third-order valence-electron chi connectivity index (χ3n) is 2.09. The lowest BCUT2D eigenvalue weighted by Gasteiger charge is -2.06. The van der Waals surface area contributed by atoms with Crippen LogP contribution in [0.25, 0.3) is 0 Å². The molecule has 0 atom stereocenters. The predicted octanol–water partition coefficient (Wildman–Crippen LogP) is 3.99. The molecule has 4 nitrogen and oxygen atoms in total. The molecule has 1 aromatic carbocycles. The molecule has 2 rings (SSSR count). The number of aromatic carboxylic acids is 1.